The average molecular weight is 516 g/mol. The molecule has 0 radical (unpaired) electrons. The van der Waals surface area contributed by atoms with Crippen LogP contribution in [0.1, 0.15) is 59.8 Å². The van der Waals surface area contributed by atoms with Crippen molar-refractivity contribution in [3.05, 3.63) is 24.3 Å². The number of nitrogens with zero attached hydrogens (tertiary/aromatic N) is 1. The maximum atomic E-state index is 14.2. The second kappa shape index (κ2) is 10.6. The van der Waals surface area contributed by atoms with Gasteiger partial charge in [0.25, 0.3) is 0 Å². The average Bonchev–Trinajstić information content (AvgIpc) is 3.52. The van der Waals surface area contributed by atoms with Gasteiger partial charge < -0.3 is 30.1 Å². The highest BCUT2D eigenvalue weighted by Gasteiger charge is 2.79. The number of nitrogens with one attached hydrogen (secondary N) is 2. The lowest BCUT2D eigenvalue weighted by Gasteiger charge is -2.39. The van der Waals surface area contributed by atoms with Crippen LogP contribution in [0, 0.1) is 17.8 Å². The first-order valence-electron chi connectivity index (χ1n) is 13.6. The summed E-state index contributed by atoms with van der Waals surface area (Å²) in [5.41, 5.74) is -1.34. The number of aliphatic hydroxyl groups excluding tert-OH is 1. The van der Waals surface area contributed by atoms with Crippen molar-refractivity contribution in [3.63, 3.8) is 0 Å². The van der Waals surface area contributed by atoms with Gasteiger partial charge in [-0.3, -0.25) is 14.4 Å². The molecule has 0 saturated carbocycles. The molecule has 0 aromatic heterocycles. The number of ether oxygens (including phenoxy) is 2. The maximum absolute atomic E-state index is 14.2. The molecule has 3 heterocycles. The van der Waals surface area contributed by atoms with Crippen molar-refractivity contribution in [2.45, 2.75) is 83.1 Å². The number of hydrogen-bond acceptors (Lipinski definition) is 6. The molecule has 9 nitrogen and oxygen atoms in total. The summed E-state index contributed by atoms with van der Waals surface area (Å²) in [6.07, 6.45) is 3.18. The highest BCUT2D eigenvalue weighted by molar-refractivity contribution is 6.04. The Morgan fingerprint density at radius 2 is 1.89 bits per heavy atom. The number of anilines is 1. The summed E-state index contributed by atoms with van der Waals surface area (Å²) in [5, 5.41) is 16.4. The zero-order valence-corrected chi connectivity index (χ0v) is 22.6. The molecule has 37 heavy (non-hydrogen) atoms. The van der Waals surface area contributed by atoms with Crippen LogP contribution in [-0.4, -0.2) is 71.3 Å². The predicted molar refractivity (Wildman–Crippen MR) is 139 cm³/mol. The molecule has 1 aromatic carbocycles. The fraction of sp³-hybridized carbons (Fsp3) is 0.679. The summed E-state index contributed by atoms with van der Waals surface area (Å²) in [6.45, 7) is 8.16. The largest absolute Gasteiger partial charge is 0.497 e. The van der Waals surface area contributed by atoms with Crippen molar-refractivity contribution in [2.75, 3.05) is 25.6 Å². The van der Waals surface area contributed by atoms with Crippen LogP contribution in [0.2, 0.25) is 0 Å². The summed E-state index contributed by atoms with van der Waals surface area (Å²) >= 11 is 0. The van der Waals surface area contributed by atoms with Gasteiger partial charge in [-0.15, -0.1) is 0 Å². The number of carbonyl (C=O) groups is 3. The lowest BCUT2D eigenvalue weighted by atomic mass is 9.65. The zero-order valence-electron chi connectivity index (χ0n) is 22.6. The molecule has 3 fully saturated rings. The van der Waals surface area contributed by atoms with E-state index in [4.69, 9.17) is 9.47 Å². The molecule has 3 amide bonds. The minimum absolute atomic E-state index is 0.0508. The van der Waals surface area contributed by atoms with Gasteiger partial charge in [-0.2, -0.15) is 0 Å². The quantitative estimate of drug-likeness (QED) is 0.417. The second-order valence-corrected chi connectivity index (χ2v) is 10.7. The third-order valence-electron chi connectivity index (χ3n) is 8.90. The molecule has 2 unspecified atom stereocenters. The van der Waals surface area contributed by atoms with Crippen molar-refractivity contribution in [1.82, 2.24) is 10.2 Å². The number of carbonyl (C=O) groups excluding carboxylic acids is 3. The van der Waals surface area contributed by atoms with Crippen molar-refractivity contribution in [1.29, 1.82) is 0 Å². The van der Waals surface area contributed by atoms with Gasteiger partial charge in [-0.25, -0.2) is 0 Å². The maximum Gasteiger partial charge on any atom is 0.250 e. The Hall–Kier alpha value is -2.65. The molecular weight excluding hydrogens is 474 g/mol. The molecule has 2 bridgehead atoms. The van der Waals surface area contributed by atoms with Crippen molar-refractivity contribution < 1.29 is 29.0 Å². The Morgan fingerprint density at radius 1 is 1.19 bits per heavy atom. The number of hydrogen-bond donors (Lipinski definition) is 3. The predicted octanol–water partition coefficient (Wildman–Crippen LogP) is 2.72. The lowest BCUT2D eigenvalue weighted by Crippen LogP contribution is -2.57. The number of likely N-dealkylation sites (tertiary alicyclic amines) is 1. The topological polar surface area (TPSA) is 117 Å². The van der Waals surface area contributed by atoms with Crippen LogP contribution in [-0.2, 0) is 19.1 Å². The normalized spacial score (nSPS) is 31.7. The van der Waals surface area contributed by atoms with Gasteiger partial charge in [0.05, 0.1) is 37.2 Å². The number of methoxy groups -OCH3 is 1. The van der Waals surface area contributed by atoms with Gasteiger partial charge in [0, 0.05) is 12.2 Å². The second-order valence-electron chi connectivity index (χ2n) is 10.7. The number of benzene rings is 1. The molecule has 4 rings (SSSR count). The summed E-state index contributed by atoms with van der Waals surface area (Å²) in [7, 11) is 1.57. The van der Waals surface area contributed by atoms with E-state index in [2.05, 4.69) is 10.6 Å². The summed E-state index contributed by atoms with van der Waals surface area (Å²) in [5.74, 6) is -1.68. The van der Waals surface area contributed by atoms with Gasteiger partial charge in [0.2, 0.25) is 17.7 Å². The molecule has 3 aliphatic rings. The molecule has 1 spiro atoms. The zero-order chi connectivity index (χ0) is 27.0. The first kappa shape index (κ1) is 27.4. The van der Waals surface area contributed by atoms with Crippen LogP contribution in [0.5, 0.6) is 5.75 Å². The molecule has 3 saturated heterocycles. The third kappa shape index (κ3) is 4.30. The highest BCUT2D eigenvalue weighted by atomic mass is 16.5. The fourth-order valence-corrected chi connectivity index (χ4v) is 6.77. The van der Waals surface area contributed by atoms with Crippen LogP contribution < -0.4 is 15.4 Å². The standard InChI is InChI=1S/C28H41N3O6/c1-6-15-29-24(33)21-22-26(35)31(20(16-32)17(4)7-2)23(28(22)14-13-27(21,8-3)37-28)25(34)30-18-9-11-19(36-5)12-10-18/h9-12,17,20-23,32H,6-8,13-16H2,1-5H3,(H,29,33)(H,30,34)/t17-,20-,21+,22-,23?,27-,28?/m0/s1. The van der Waals surface area contributed by atoms with Crippen LogP contribution in [0.15, 0.2) is 24.3 Å². The minimum Gasteiger partial charge on any atom is -0.497 e. The highest BCUT2D eigenvalue weighted by Crippen LogP contribution is 2.64. The Balaban J connectivity index is 1.77. The smallest absolute Gasteiger partial charge is 0.250 e. The van der Waals surface area contributed by atoms with Crippen LogP contribution in [0.4, 0.5) is 5.69 Å². The third-order valence-corrected chi connectivity index (χ3v) is 8.90. The molecule has 0 aliphatic carbocycles. The van der Waals surface area contributed by atoms with Gasteiger partial charge in [-0.1, -0.05) is 34.1 Å². The summed E-state index contributed by atoms with van der Waals surface area (Å²) in [6, 6.07) is 5.46. The van der Waals surface area contributed by atoms with E-state index >= 15 is 0 Å². The van der Waals surface area contributed by atoms with Gasteiger partial charge in [0.1, 0.15) is 17.4 Å². The van der Waals surface area contributed by atoms with Crippen LogP contribution in [0.25, 0.3) is 0 Å². The van der Waals surface area contributed by atoms with E-state index in [1.54, 1.807) is 36.3 Å². The first-order valence-corrected chi connectivity index (χ1v) is 13.6. The van der Waals surface area contributed by atoms with E-state index in [-0.39, 0.29) is 30.2 Å². The molecule has 9 heteroatoms. The molecule has 1 aromatic rings. The van der Waals surface area contributed by atoms with E-state index in [1.807, 2.05) is 27.7 Å². The lowest BCUT2D eigenvalue weighted by molar-refractivity contribution is -0.150. The van der Waals surface area contributed by atoms with Gasteiger partial charge in [0.15, 0.2) is 0 Å². The molecular formula is C28H41N3O6. The molecule has 204 valence electrons. The van der Waals surface area contributed by atoms with E-state index < -0.39 is 35.1 Å². The molecule has 3 N–H and O–H groups in total. The summed E-state index contributed by atoms with van der Waals surface area (Å²) in [4.78, 5) is 43.3. The van der Waals surface area contributed by atoms with Crippen molar-refractivity contribution in [2.24, 2.45) is 17.8 Å². The Bertz CT molecular complexity index is 1020. The number of aliphatic hydroxyl groups is 1. The van der Waals surface area contributed by atoms with Crippen LogP contribution >= 0.6 is 0 Å². The van der Waals surface area contributed by atoms with E-state index in [0.29, 0.717) is 37.2 Å². The van der Waals surface area contributed by atoms with Crippen molar-refractivity contribution in [3.8, 4) is 5.75 Å². The number of rotatable bonds is 11. The Labute approximate surface area is 219 Å². The van der Waals surface area contributed by atoms with Gasteiger partial charge in [-0.05, 0) is 55.9 Å². The van der Waals surface area contributed by atoms with E-state index in [1.165, 1.54) is 0 Å². The first-order chi connectivity index (χ1) is 17.7. The molecule has 3 aliphatic heterocycles. The van der Waals surface area contributed by atoms with Gasteiger partial charge >= 0.3 is 0 Å². The van der Waals surface area contributed by atoms with Crippen molar-refractivity contribution >= 4 is 23.4 Å². The number of fused-ring (bicyclic) bond motifs is 1. The molecule has 7 atom stereocenters. The SMILES string of the molecule is CCCNC(=O)[C@H]1[C@H]2C(=O)N([C@@H](CO)[C@@H](C)CC)C(C(=O)Nc3ccc(OC)cc3)C23CC[C@]1(CC)O3. The Kier molecular flexibility index (Phi) is 7.85. The minimum atomic E-state index is -1.13. The van der Waals surface area contributed by atoms with Crippen LogP contribution in [0.3, 0.4) is 0 Å². The summed E-state index contributed by atoms with van der Waals surface area (Å²) < 4.78 is 12.0. The number of amides is 3. The van der Waals surface area contributed by atoms with E-state index in [0.717, 1.165) is 12.8 Å². The van der Waals surface area contributed by atoms with E-state index in [9.17, 15) is 19.5 Å². The fourth-order valence-electron chi connectivity index (χ4n) is 6.77. The monoisotopic (exact) mass is 515 g/mol. The Morgan fingerprint density at radius 3 is 2.46 bits per heavy atom.